The first kappa shape index (κ1) is 21.5. The van der Waals surface area contributed by atoms with Crippen LogP contribution in [0.1, 0.15) is 31.4 Å². The minimum Gasteiger partial charge on any atom is -0.508 e. The summed E-state index contributed by atoms with van der Waals surface area (Å²) in [5.74, 6) is -0.506. The van der Waals surface area contributed by atoms with Gasteiger partial charge in [-0.2, -0.15) is 0 Å². The summed E-state index contributed by atoms with van der Waals surface area (Å²) in [5.41, 5.74) is 2.01. The molecular formula is C23H29NO4. The van der Waals surface area contributed by atoms with Crippen molar-refractivity contribution in [2.24, 2.45) is 11.8 Å². The lowest BCUT2D eigenvalue weighted by molar-refractivity contribution is -0.146. The summed E-state index contributed by atoms with van der Waals surface area (Å²) >= 11 is 0. The number of phenolic OH excluding ortho intramolecular Hbond substituents is 1. The quantitative estimate of drug-likeness (QED) is 0.650. The molecule has 2 atom stereocenters. The number of carbonyl (C=O) groups excluding carboxylic acids is 2. The Hall–Kier alpha value is -2.82. The molecule has 0 radical (unpaired) electrons. The van der Waals surface area contributed by atoms with Gasteiger partial charge in [-0.15, -0.1) is 0 Å². The Labute approximate surface area is 166 Å². The van der Waals surface area contributed by atoms with E-state index in [1.165, 1.54) is 7.11 Å². The summed E-state index contributed by atoms with van der Waals surface area (Å²) in [5, 5.41) is 12.4. The molecular weight excluding hydrogens is 354 g/mol. The zero-order valence-corrected chi connectivity index (χ0v) is 16.7. The maximum absolute atomic E-state index is 13.1. The number of aromatic hydroxyl groups is 1. The third-order valence-corrected chi connectivity index (χ3v) is 4.62. The van der Waals surface area contributed by atoms with Gasteiger partial charge >= 0.3 is 5.97 Å². The number of phenols is 1. The maximum atomic E-state index is 13.1. The number of carbonyl (C=O) groups is 2. The lowest BCUT2D eigenvalue weighted by atomic mass is 9.91. The summed E-state index contributed by atoms with van der Waals surface area (Å²) in [6.45, 7) is 4.00. The number of ether oxygens (including phenoxy) is 1. The first-order valence-corrected chi connectivity index (χ1v) is 9.59. The summed E-state index contributed by atoms with van der Waals surface area (Å²) in [7, 11) is 1.33. The molecule has 2 N–H and O–H groups in total. The fourth-order valence-corrected chi connectivity index (χ4v) is 3.19. The van der Waals surface area contributed by atoms with E-state index in [2.05, 4.69) is 5.32 Å². The Balaban J connectivity index is 2.19. The standard InChI is InChI=1S/C23H29NO4/c1-16(2)13-21(23(27)28-3)24-22(26)19(14-17-7-5-4-6-8-17)15-18-9-11-20(25)12-10-18/h4-12,16,19,21,25H,13-15H2,1-3H3,(H,24,26)/t19-,21+/m1/s1. The van der Waals surface area contributed by atoms with Crippen molar-refractivity contribution in [1.29, 1.82) is 0 Å². The van der Waals surface area contributed by atoms with Crippen LogP contribution in [0.5, 0.6) is 5.75 Å². The van der Waals surface area contributed by atoms with Crippen molar-refractivity contribution in [3.63, 3.8) is 0 Å². The number of benzene rings is 2. The molecule has 0 aliphatic heterocycles. The summed E-state index contributed by atoms with van der Waals surface area (Å²) in [6, 6.07) is 16.0. The molecule has 0 saturated carbocycles. The van der Waals surface area contributed by atoms with E-state index in [0.29, 0.717) is 19.3 Å². The van der Waals surface area contributed by atoms with Gasteiger partial charge in [0.05, 0.1) is 7.11 Å². The second kappa shape index (κ2) is 10.5. The molecule has 150 valence electrons. The van der Waals surface area contributed by atoms with Crippen LogP contribution in [0.15, 0.2) is 54.6 Å². The first-order valence-electron chi connectivity index (χ1n) is 9.59. The van der Waals surface area contributed by atoms with Gasteiger partial charge in [0.2, 0.25) is 5.91 Å². The Morgan fingerprint density at radius 2 is 1.54 bits per heavy atom. The van der Waals surface area contributed by atoms with Gasteiger partial charge in [0, 0.05) is 5.92 Å². The maximum Gasteiger partial charge on any atom is 0.328 e. The summed E-state index contributed by atoms with van der Waals surface area (Å²) < 4.78 is 4.86. The van der Waals surface area contributed by atoms with Crippen LogP contribution in [0.2, 0.25) is 0 Å². The fourth-order valence-electron chi connectivity index (χ4n) is 3.19. The molecule has 0 bridgehead atoms. The van der Waals surface area contributed by atoms with E-state index in [9.17, 15) is 14.7 Å². The molecule has 0 heterocycles. The summed E-state index contributed by atoms with van der Waals surface area (Å²) in [4.78, 5) is 25.2. The molecule has 0 aliphatic carbocycles. The van der Waals surface area contributed by atoms with Gasteiger partial charge < -0.3 is 15.2 Å². The Kier molecular flexibility index (Phi) is 8.05. The van der Waals surface area contributed by atoms with Crippen molar-refractivity contribution in [2.45, 2.75) is 39.2 Å². The number of hydrogen-bond donors (Lipinski definition) is 2. The van der Waals surface area contributed by atoms with E-state index in [4.69, 9.17) is 4.74 Å². The van der Waals surface area contributed by atoms with E-state index in [-0.39, 0.29) is 23.5 Å². The van der Waals surface area contributed by atoms with Crippen molar-refractivity contribution in [1.82, 2.24) is 5.32 Å². The minimum atomic E-state index is -0.657. The third-order valence-electron chi connectivity index (χ3n) is 4.62. The molecule has 0 spiro atoms. The first-order chi connectivity index (χ1) is 13.4. The lowest BCUT2D eigenvalue weighted by Gasteiger charge is -2.23. The van der Waals surface area contributed by atoms with Crippen molar-refractivity contribution in [2.75, 3.05) is 7.11 Å². The number of amides is 1. The number of rotatable bonds is 9. The number of esters is 1. The van der Waals surface area contributed by atoms with Crippen LogP contribution in [0.3, 0.4) is 0 Å². The van der Waals surface area contributed by atoms with Gasteiger partial charge in [0.1, 0.15) is 11.8 Å². The molecule has 0 aromatic heterocycles. The average molecular weight is 383 g/mol. The highest BCUT2D eigenvalue weighted by atomic mass is 16.5. The molecule has 0 fully saturated rings. The zero-order valence-electron chi connectivity index (χ0n) is 16.7. The Morgan fingerprint density at radius 3 is 2.07 bits per heavy atom. The van der Waals surface area contributed by atoms with Crippen LogP contribution in [-0.2, 0) is 27.2 Å². The lowest BCUT2D eigenvalue weighted by Crippen LogP contribution is -2.45. The van der Waals surface area contributed by atoms with E-state index < -0.39 is 12.0 Å². The van der Waals surface area contributed by atoms with Gasteiger partial charge in [-0.3, -0.25) is 4.79 Å². The van der Waals surface area contributed by atoms with Crippen LogP contribution in [0.25, 0.3) is 0 Å². The van der Waals surface area contributed by atoms with Gasteiger partial charge in [0.15, 0.2) is 0 Å². The van der Waals surface area contributed by atoms with Crippen molar-refractivity contribution < 1.29 is 19.4 Å². The molecule has 28 heavy (non-hydrogen) atoms. The number of hydrogen-bond acceptors (Lipinski definition) is 4. The smallest absolute Gasteiger partial charge is 0.328 e. The van der Waals surface area contributed by atoms with Crippen LogP contribution in [-0.4, -0.2) is 30.1 Å². The monoisotopic (exact) mass is 383 g/mol. The van der Waals surface area contributed by atoms with Gasteiger partial charge in [0.25, 0.3) is 0 Å². The number of methoxy groups -OCH3 is 1. The molecule has 0 saturated heterocycles. The van der Waals surface area contributed by atoms with Crippen LogP contribution in [0.4, 0.5) is 0 Å². The average Bonchev–Trinajstić information content (AvgIpc) is 2.68. The van der Waals surface area contributed by atoms with Crippen molar-refractivity contribution >= 4 is 11.9 Å². The predicted octanol–water partition coefficient (Wildman–Crippen LogP) is 3.50. The van der Waals surface area contributed by atoms with Crippen LogP contribution >= 0.6 is 0 Å². The van der Waals surface area contributed by atoms with E-state index in [0.717, 1.165) is 11.1 Å². The van der Waals surface area contributed by atoms with Crippen LogP contribution < -0.4 is 5.32 Å². The molecule has 2 aromatic carbocycles. The normalized spacial score (nSPS) is 13.0. The SMILES string of the molecule is COC(=O)[C@H](CC(C)C)NC(=O)[C@H](Cc1ccccc1)Cc1ccc(O)cc1. The fraction of sp³-hybridized carbons (Fsp3) is 0.391. The molecule has 0 unspecified atom stereocenters. The zero-order chi connectivity index (χ0) is 20.5. The minimum absolute atomic E-state index is 0.173. The Bertz CT molecular complexity index is 756. The van der Waals surface area contributed by atoms with Gasteiger partial charge in [-0.25, -0.2) is 4.79 Å². The topological polar surface area (TPSA) is 75.6 Å². The highest BCUT2D eigenvalue weighted by Gasteiger charge is 2.27. The van der Waals surface area contributed by atoms with Crippen molar-refractivity contribution in [3.8, 4) is 5.75 Å². The van der Waals surface area contributed by atoms with E-state index in [1.807, 2.05) is 56.3 Å². The van der Waals surface area contributed by atoms with Crippen LogP contribution in [0, 0.1) is 11.8 Å². The highest BCUT2D eigenvalue weighted by Crippen LogP contribution is 2.18. The molecule has 5 nitrogen and oxygen atoms in total. The third kappa shape index (κ3) is 6.72. The second-order valence-corrected chi connectivity index (χ2v) is 7.47. The number of nitrogens with one attached hydrogen (secondary N) is 1. The molecule has 2 aromatic rings. The molecule has 5 heteroatoms. The van der Waals surface area contributed by atoms with Gasteiger partial charge in [-0.1, -0.05) is 56.3 Å². The summed E-state index contributed by atoms with van der Waals surface area (Å²) in [6.07, 6.45) is 1.59. The van der Waals surface area contributed by atoms with Gasteiger partial charge in [-0.05, 0) is 48.4 Å². The second-order valence-electron chi connectivity index (χ2n) is 7.47. The predicted molar refractivity (Wildman–Crippen MR) is 109 cm³/mol. The van der Waals surface area contributed by atoms with E-state index in [1.54, 1.807) is 12.1 Å². The van der Waals surface area contributed by atoms with E-state index >= 15 is 0 Å². The van der Waals surface area contributed by atoms with Crippen molar-refractivity contribution in [3.05, 3.63) is 65.7 Å². The Morgan fingerprint density at radius 1 is 0.964 bits per heavy atom. The highest BCUT2D eigenvalue weighted by molar-refractivity contribution is 5.86. The largest absolute Gasteiger partial charge is 0.508 e. The molecule has 2 rings (SSSR count). The molecule has 1 amide bonds. The molecule has 0 aliphatic rings.